The van der Waals surface area contributed by atoms with E-state index in [2.05, 4.69) is 0 Å². The fourth-order valence-electron chi connectivity index (χ4n) is 3.06. The zero-order valence-electron chi connectivity index (χ0n) is 14.5. The third-order valence-electron chi connectivity index (χ3n) is 4.51. The van der Waals surface area contributed by atoms with Crippen LogP contribution in [0.25, 0.3) is 0 Å². The molecule has 0 spiro atoms. The first-order valence-electron chi connectivity index (χ1n) is 8.49. The lowest BCUT2D eigenvalue weighted by atomic mass is 10.1. The van der Waals surface area contributed by atoms with E-state index < -0.39 is 15.1 Å². The van der Waals surface area contributed by atoms with Crippen LogP contribution in [0.3, 0.4) is 0 Å². The molecule has 144 valence electrons. The Labute approximate surface area is 168 Å². The van der Waals surface area contributed by atoms with E-state index >= 15 is 0 Å². The van der Waals surface area contributed by atoms with Gasteiger partial charge in [-0.1, -0.05) is 53.5 Å². The molecular weight excluding hydrogens is 409 g/mol. The molecule has 0 bridgehead atoms. The highest BCUT2D eigenvalue weighted by atomic mass is 35.5. The van der Waals surface area contributed by atoms with Crippen molar-refractivity contribution >= 4 is 38.9 Å². The summed E-state index contributed by atoms with van der Waals surface area (Å²) in [4.78, 5) is 14.0. The Kier molecular flexibility index (Phi) is 6.29. The Morgan fingerprint density at radius 2 is 1.85 bits per heavy atom. The number of nitrogens with zero attached hydrogens (tertiary/aromatic N) is 1. The van der Waals surface area contributed by atoms with E-state index in [-0.39, 0.29) is 24.8 Å². The number of hydrogen-bond acceptors (Lipinski definition) is 4. The van der Waals surface area contributed by atoms with Crippen molar-refractivity contribution in [2.24, 2.45) is 0 Å². The van der Waals surface area contributed by atoms with Crippen LogP contribution in [0.1, 0.15) is 17.2 Å². The zero-order valence-corrected chi connectivity index (χ0v) is 16.8. The van der Waals surface area contributed by atoms with Crippen molar-refractivity contribution in [3.8, 4) is 5.75 Å². The molecule has 8 heteroatoms. The lowest BCUT2D eigenvalue weighted by Gasteiger charge is -2.20. The smallest absolute Gasteiger partial charge is 0.260 e. The first kappa shape index (κ1) is 20.0. The first-order chi connectivity index (χ1) is 12.9. The summed E-state index contributed by atoms with van der Waals surface area (Å²) in [7, 11) is -3.33. The van der Waals surface area contributed by atoms with E-state index in [4.69, 9.17) is 27.9 Å². The number of benzene rings is 2. The summed E-state index contributed by atoms with van der Waals surface area (Å²) in [5.41, 5.74) is 0.760. The molecule has 1 unspecified atom stereocenters. The van der Waals surface area contributed by atoms with E-state index in [1.54, 1.807) is 12.1 Å². The maximum absolute atomic E-state index is 12.6. The summed E-state index contributed by atoms with van der Waals surface area (Å²) in [5.74, 6) is 0.0175. The first-order valence-corrected chi connectivity index (χ1v) is 11.0. The zero-order chi connectivity index (χ0) is 19.4. The molecule has 2 aromatic rings. The molecule has 1 atom stereocenters. The summed E-state index contributed by atoms with van der Waals surface area (Å²) in [6, 6.07) is 13.9. The van der Waals surface area contributed by atoms with E-state index in [1.807, 2.05) is 30.3 Å². The molecule has 27 heavy (non-hydrogen) atoms. The van der Waals surface area contributed by atoms with Gasteiger partial charge in [0, 0.05) is 18.1 Å². The van der Waals surface area contributed by atoms with Gasteiger partial charge >= 0.3 is 0 Å². The van der Waals surface area contributed by atoms with E-state index in [1.165, 1.54) is 11.0 Å². The second-order valence-electron chi connectivity index (χ2n) is 6.30. The standard InChI is InChI=1S/C19H19Cl2NO4S/c20-15-6-7-17(16(21)12-15)26-13-19(23)22-9-8-18(27(24,25)11-10-22)14-4-2-1-3-5-14/h1-7,12,18H,8-11,13H2. The number of carbonyl (C=O) groups is 1. The minimum Gasteiger partial charge on any atom is -0.482 e. The van der Waals surface area contributed by atoms with Gasteiger partial charge in [0.25, 0.3) is 5.91 Å². The summed E-state index contributed by atoms with van der Waals surface area (Å²) in [5, 5.41) is 0.198. The van der Waals surface area contributed by atoms with Crippen LogP contribution in [-0.4, -0.2) is 44.7 Å². The molecule has 0 aromatic heterocycles. The van der Waals surface area contributed by atoms with Gasteiger partial charge in [0.15, 0.2) is 16.4 Å². The van der Waals surface area contributed by atoms with Gasteiger partial charge < -0.3 is 9.64 Å². The van der Waals surface area contributed by atoms with Crippen molar-refractivity contribution in [1.29, 1.82) is 0 Å². The van der Waals surface area contributed by atoms with Crippen LogP contribution in [0.5, 0.6) is 5.75 Å². The lowest BCUT2D eigenvalue weighted by Crippen LogP contribution is -2.37. The highest BCUT2D eigenvalue weighted by Gasteiger charge is 2.32. The van der Waals surface area contributed by atoms with E-state index in [0.29, 0.717) is 28.8 Å². The van der Waals surface area contributed by atoms with Gasteiger partial charge in [-0.3, -0.25) is 4.79 Å². The minimum absolute atomic E-state index is 0.0694. The summed E-state index contributed by atoms with van der Waals surface area (Å²) in [6.45, 7) is 0.301. The number of rotatable bonds is 4. The van der Waals surface area contributed by atoms with Crippen LogP contribution in [0.2, 0.25) is 10.0 Å². The fraction of sp³-hybridized carbons (Fsp3) is 0.316. The number of amides is 1. The third kappa shape index (κ3) is 4.94. The Balaban J connectivity index is 1.65. The average Bonchev–Trinajstić information content (AvgIpc) is 2.79. The topological polar surface area (TPSA) is 63.7 Å². The molecule has 1 aliphatic heterocycles. The van der Waals surface area contributed by atoms with Crippen molar-refractivity contribution in [3.05, 3.63) is 64.1 Å². The number of ether oxygens (including phenoxy) is 1. The van der Waals surface area contributed by atoms with Gasteiger partial charge in [0.05, 0.1) is 16.0 Å². The van der Waals surface area contributed by atoms with Crippen LogP contribution in [-0.2, 0) is 14.6 Å². The molecular formula is C19H19Cl2NO4S. The highest BCUT2D eigenvalue weighted by molar-refractivity contribution is 7.91. The van der Waals surface area contributed by atoms with Crippen molar-refractivity contribution in [1.82, 2.24) is 4.90 Å². The van der Waals surface area contributed by atoms with Gasteiger partial charge in [-0.05, 0) is 30.2 Å². The van der Waals surface area contributed by atoms with Crippen molar-refractivity contribution in [2.75, 3.05) is 25.4 Å². The van der Waals surface area contributed by atoms with Gasteiger partial charge in [0.1, 0.15) is 5.75 Å². The van der Waals surface area contributed by atoms with E-state index in [0.717, 1.165) is 5.56 Å². The summed E-state index contributed by atoms with van der Waals surface area (Å²) >= 11 is 11.9. The highest BCUT2D eigenvalue weighted by Crippen LogP contribution is 2.30. The summed E-state index contributed by atoms with van der Waals surface area (Å²) < 4.78 is 30.7. The second kappa shape index (κ2) is 8.50. The number of sulfone groups is 1. The predicted octanol–water partition coefficient (Wildman–Crippen LogP) is 3.76. The Morgan fingerprint density at radius 3 is 2.56 bits per heavy atom. The maximum atomic E-state index is 12.6. The van der Waals surface area contributed by atoms with Crippen molar-refractivity contribution in [2.45, 2.75) is 11.7 Å². The molecule has 1 heterocycles. The van der Waals surface area contributed by atoms with Crippen LogP contribution in [0, 0.1) is 0 Å². The third-order valence-corrected chi connectivity index (χ3v) is 7.17. The Bertz CT molecular complexity index is 919. The molecule has 5 nitrogen and oxygen atoms in total. The molecule has 1 aliphatic rings. The predicted molar refractivity (Wildman–Crippen MR) is 106 cm³/mol. The Morgan fingerprint density at radius 1 is 1.11 bits per heavy atom. The van der Waals surface area contributed by atoms with Crippen molar-refractivity contribution < 1.29 is 17.9 Å². The van der Waals surface area contributed by atoms with Crippen LogP contribution in [0.4, 0.5) is 0 Å². The number of hydrogen-bond donors (Lipinski definition) is 0. The molecule has 0 radical (unpaired) electrons. The largest absolute Gasteiger partial charge is 0.482 e. The van der Waals surface area contributed by atoms with Crippen molar-refractivity contribution in [3.63, 3.8) is 0 Å². The van der Waals surface area contributed by atoms with Gasteiger partial charge in [-0.25, -0.2) is 8.42 Å². The quantitative estimate of drug-likeness (QED) is 0.744. The fourth-order valence-corrected chi connectivity index (χ4v) is 5.32. The molecule has 0 aliphatic carbocycles. The Hall–Kier alpha value is -1.76. The SMILES string of the molecule is O=C(COc1ccc(Cl)cc1Cl)N1CCC(c2ccccc2)S(=O)(=O)CC1. The van der Waals surface area contributed by atoms with Gasteiger partial charge in [-0.2, -0.15) is 0 Å². The van der Waals surface area contributed by atoms with E-state index in [9.17, 15) is 13.2 Å². The molecule has 1 fully saturated rings. The second-order valence-corrected chi connectivity index (χ2v) is 9.45. The monoisotopic (exact) mass is 427 g/mol. The van der Waals surface area contributed by atoms with Gasteiger partial charge in [-0.15, -0.1) is 0 Å². The number of halogens is 2. The average molecular weight is 428 g/mol. The molecule has 1 amide bonds. The normalized spacial score (nSPS) is 19.3. The molecule has 1 saturated heterocycles. The molecule has 0 saturated carbocycles. The maximum Gasteiger partial charge on any atom is 0.260 e. The number of carbonyl (C=O) groups excluding carboxylic acids is 1. The lowest BCUT2D eigenvalue weighted by molar-refractivity contribution is -0.133. The van der Waals surface area contributed by atoms with Crippen LogP contribution < -0.4 is 4.74 Å². The summed E-state index contributed by atoms with van der Waals surface area (Å²) in [6.07, 6.45) is 0.361. The van der Waals surface area contributed by atoms with Crippen LogP contribution >= 0.6 is 23.2 Å². The molecule has 2 aromatic carbocycles. The molecule has 0 N–H and O–H groups in total. The van der Waals surface area contributed by atoms with Gasteiger partial charge in [0.2, 0.25) is 0 Å². The molecule has 3 rings (SSSR count). The minimum atomic E-state index is -3.33. The van der Waals surface area contributed by atoms with Crippen LogP contribution in [0.15, 0.2) is 48.5 Å².